The third-order valence-electron chi connectivity index (χ3n) is 4.05. The van der Waals surface area contributed by atoms with Crippen molar-refractivity contribution < 1.29 is 0 Å². The predicted octanol–water partition coefficient (Wildman–Crippen LogP) is 2.59. The predicted molar refractivity (Wildman–Crippen MR) is 75.2 cm³/mol. The second-order valence-electron chi connectivity index (χ2n) is 5.82. The van der Waals surface area contributed by atoms with Crippen LogP contribution in [0.4, 0.5) is 0 Å². The van der Waals surface area contributed by atoms with Gasteiger partial charge in [-0.25, -0.2) is 0 Å². The van der Waals surface area contributed by atoms with Crippen LogP contribution in [-0.4, -0.2) is 28.5 Å². The molecular weight excluding hydrogens is 222 g/mol. The Morgan fingerprint density at radius 2 is 2.17 bits per heavy atom. The van der Waals surface area contributed by atoms with Crippen molar-refractivity contribution in [1.82, 2.24) is 9.88 Å². The SMILES string of the molecule is CC1CCC(C)N(C(c2cccnc2)C(C)N)C1. The fourth-order valence-corrected chi connectivity index (χ4v) is 3.06. The average Bonchev–Trinajstić information content (AvgIpc) is 2.35. The molecule has 1 aromatic rings. The van der Waals surface area contributed by atoms with Gasteiger partial charge in [0.2, 0.25) is 0 Å². The number of likely N-dealkylation sites (tertiary alicyclic amines) is 1. The lowest BCUT2D eigenvalue weighted by atomic mass is 9.90. The Bertz CT molecular complexity index is 363. The Labute approximate surface area is 110 Å². The van der Waals surface area contributed by atoms with E-state index >= 15 is 0 Å². The monoisotopic (exact) mass is 247 g/mol. The molecular formula is C15H25N3. The van der Waals surface area contributed by atoms with E-state index in [1.165, 1.54) is 18.4 Å². The summed E-state index contributed by atoms with van der Waals surface area (Å²) in [6, 6.07) is 5.17. The van der Waals surface area contributed by atoms with Gasteiger partial charge >= 0.3 is 0 Å². The topological polar surface area (TPSA) is 42.2 Å². The Hall–Kier alpha value is -0.930. The van der Waals surface area contributed by atoms with Crippen molar-refractivity contribution >= 4 is 0 Å². The molecule has 4 unspecified atom stereocenters. The van der Waals surface area contributed by atoms with E-state index < -0.39 is 0 Å². The first-order valence-corrected chi connectivity index (χ1v) is 7.01. The van der Waals surface area contributed by atoms with Crippen LogP contribution in [0.25, 0.3) is 0 Å². The highest BCUT2D eigenvalue weighted by atomic mass is 15.2. The molecule has 1 aliphatic heterocycles. The van der Waals surface area contributed by atoms with Gasteiger partial charge in [-0.15, -0.1) is 0 Å². The largest absolute Gasteiger partial charge is 0.326 e. The molecule has 0 aliphatic carbocycles. The summed E-state index contributed by atoms with van der Waals surface area (Å²) in [6.45, 7) is 7.89. The van der Waals surface area contributed by atoms with Crippen LogP contribution in [0.5, 0.6) is 0 Å². The molecule has 1 aromatic heterocycles. The van der Waals surface area contributed by atoms with Gasteiger partial charge in [0.25, 0.3) is 0 Å². The lowest BCUT2D eigenvalue weighted by Crippen LogP contribution is -2.48. The zero-order chi connectivity index (χ0) is 13.1. The van der Waals surface area contributed by atoms with Crippen molar-refractivity contribution in [3.8, 4) is 0 Å². The highest BCUT2D eigenvalue weighted by Gasteiger charge is 2.31. The van der Waals surface area contributed by atoms with Gasteiger partial charge in [-0.2, -0.15) is 0 Å². The van der Waals surface area contributed by atoms with Crippen molar-refractivity contribution in [2.75, 3.05) is 6.54 Å². The first kappa shape index (κ1) is 13.5. The minimum absolute atomic E-state index is 0.127. The maximum Gasteiger partial charge on any atom is 0.0514 e. The normalized spacial score (nSPS) is 28.9. The average molecular weight is 247 g/mol. The van der Waals surface area contributed by atoms with E-state index in [0.717, 1.165) is 12.5 Å². The highest BCUT2D eigenvalue weighted by molar-refractivity contribution is 5.16. The molecule has 18 heavy (non-hydrogen) atoms. The van der Waals surface area contributed by atoms with E-state index in [9.17, 15) is 0 Å². The van der Waals surface area contributed by atoms with E-state index in [1.54, 1.807) is 0 Å². The van der Waals surface area contributed by atoms with E-state index in [2.05, 4.69) is 36.7 Å². The minimum atomic E-state index is 0.127. The molecule has 0 saturated carbocycles. The fourth-order valence-electron chi connectivity index (χ4n) is 3.06. The van der Waals surface area contributed by atoms with Crippen molar-refractivity contribution in [2.45, 2.75) is 51.7 Å². The van der Waals surface area contributed by atoms with Crippen LogP contribution in [0.1, 0.15) is 45.2 Å². The van der Waals surface area contributed by atoms with Crippen LogP contribution in [-0.2, 0) is 0 Å². The minimum Gasteiger partial charge on any atom is -0.326 e. The van der Waals surface area contributed by atoms with E-state index in [0.29, 0.717) is 6.04 Å². The van der Waals surface area contributed by atoms with Gasteiger partial charge in [-0.05, 0) is 44.2 Å². The highest BCUT2D eigenvalue weighted by Crippen LogP contribution is 2.31. The van der Waals surface area contributed by atoms with Crippen molar-refractivity contribution in [1.29, 1.82) is 0 Å². The van der Waals surface area contributed by atoms with E-state index in [4.69, 9.17) is 5.73 Å². The number of nitrogens with zero attached hydrogens (tertiary/aromatic N) is 2. The number of rotatable bonds is 3. The summed E-state index contributed by atoms with van der Waals surface area (Å²) in [5, 5.41) is 0. The van der Waals surface area contributed by atoms with Crippen LogP contribution in [0.3, 0.4) is 0 Å². The number of aromatic nitrogens is 1. The molecule has 3 heteroatoms. The molecule has 0 aromatic carbocycles. The Morgan fingerprint density at radius 3 is 2.78 bits per heavy atom. The van der Waals surface area contributed by atoms with Gasteiger partial charge in [0.05, 0.1) is 6.04 Å². The third-order valence-corrected chi connectivity index (χ3v) is 4.05. The molecule has 2 heterocycles. The smallest absolute Gasteiger partial charge is 0.0514 e. The summed E-state index contributed by atoms with van der Waals surface area (Å²) in [5.41, 5.74) is 7.48. The molecule has 0 amide bonds. The molecule has 2 rings (SSSR count). The Balaban J connectivity index is 2.24. The third kappa shape index (κ3) is 2.90. The standard InChI is InChI=1S/C15H25N3/c1-11-6-7-12(2)18(10-11)15(13(3)16)14-5-4-8-17-9-14/h4-5,8-9,11-13,15H,6-7,10,16H2,1-3H3. The van der Waals surface area contributed by atoms with E-state index in [-0.39, 0.29) is 12.1 Å². The summed E-state index contributed by atoms with van der Waals surface area (Å²) < 4.78 is 0. The number of nitrogens with two attached hydrogens (primary N) is 1. The lowest BCUT2D eigenvalue weighted by molar-refractivity contribution is 0.0659. The number of hydrogen-bond donors (Lipinski definition) is 1. The van der Waals surface area contributed by atoms with Gasteiger partial charge in [0, 0.05) is 31.0 Å². The molecule has 3 nitrogen and oxygen atoms in total. The second-order valence-corrected chi connectivity index (χ2v) is 5.82. The zero-order valence-corrected chi connectivity index (χ0v) is 11.7. The lowest BCUT2D eigenvalue weighted by Gasteiger charge is -2.43. The zero-order valence-electron chi connectivity index (χ0n) is 11.7. The maximum absolute atomic E-state index is 6.24. The molecule has 0 spiro atoms. The molecule has 100 valence electrons. The van der Waals surface area contributed by atoms with Crippen LogP contribution < -0.4 is 5.73 Å². The van der Waals surface area contributed by atoms with Gasteiger partial charge < -0.3 is 5.73 Å². The summed E-state index contributed by atoms with van der Waals surface area (Å²) in [7, 11) is 0. The van der Waals surface area contributed by atoms with Crippen molar-refractivity contribution in [3.05, 3.63) is 30.1 Å². The van der Waals surface area contributed by atoms with E-state index in [1.807, 2.05) is 18.5 Å². The molecule has 4 atom stereocenters. The Kier molecular flexibility index (Phi) is 4.36. The molecule has 2 N–H and O–H groups in total. The summed E-state index contributed by atoms with van der Waals surface area (Å²) in [5.74, 6) is 0.763. The quantitative estimate of drug-likeness (QED) is 0.892. The first-order chi connectivity index (χ1) is 8.59. The molecule has 0 radical (unpaired) electrons. The summed E-state index contributed by atoms with van der Waals surface area (Å²) in [6.07, 6.45) is 6.38. The van der Waals surface area contributed by atoms with Gasteiger partial charge in [-0.3, -0.25) is 9.88 Å². The Morgan fingerprint density at radius 1 is 1.39 bits per heavy atom. The van der Waals surface area contributed by atoms with Crippen LogP contribution in [0.2, 0.25) is 0 Å². The van der Waals surface area contributed by atoms with Gasteiger partial charge in [0.15, 0.2) is 0 Å². The number of piperidine rings is 1. The van der Waals surface area contributed by atoms with Gasteiger partial charge in [-0.1, -0.05) is 13.0 Å². The maximum atomic E-state index is 6.24. The fraction of sp³-hybridized carbons (Fsp3) is 0.667. The molecule has 1 saturated heterocycles. The molecule has 1 fully saturated rings. The molecule has 0 bridgehead atoms. The molecule has 1 aliphatic rings. The van der Waals surface area contributed by atoms with Crippen LogP contribution in [0, 0.1) is 5.92 Å². The summed E-state index contributed by atoms with van der Waals surface area (Å²) >= 11 is 0. The number of pyridine rings is 1. The van der Waals surface area contributed by atoms with Crippen LogP contribution in [0.15, 0.2) is 24.5 Å². The second kappa shape index (κ2) is 5.81. The van der Waals surface area contributed by atoms with Crippen molar-refractivity contribution in [3.63, 3.8) is 0 Å². The number of hydrogen-bond acceptors (Lipinski definition) is 3. The van der Waals surface area contributed by atoms with Crippen molar-refractivity contribution in [2.24, 2.45) is 11.7 Å². The van der Waals surface area contributed by atoms with Gasteiger partial charge in [0.1, 0.15) is 0 Å². The van der Waals surface area contributed by atoms with Crippen LogP contribution >= 0.6 is 0 Å². The first-order valence-electron chi connectivity index (χ1n) is 7.01. The summed E-state index contributed by atoms with van der Waals surface area (Å²) in [4.78, 5) is 6.81.